The number of carboxylic acid groups (broad SMARTS) is 1. The average molecular weight is 251 g/mol. The number of rotatable bonds is 3. The van der Waals surface area contributed by atoms with Gasteiger partial charge in [0.05, 0.1) is 22.7 Å². The summed E-state index contributed by atoms with van der Waals surface area (Å²) in [4.78, 5) is 38.9. The monoisotopic (exact) mass is 251 g/mol. The van der Waals surface area contributed by atoms with Crippen LogP contribution < -0.4 is 5.73 Å². The first-order chi connectivity index (χ1) is 8.43. The van der Waals surface area contributed by atoms with E-state index in [4.69, 9.17) is 10.8 Å². The molecule has 7 nitrogen and oxygen atoms in total. The third-order valence-corrected chi connectivity index (χ3v) is 2.34. The topological polar surface area (TPSA) is 126 Å². The van der Waals surface area contributed by atoms with Crippen molar-refractivity contribution >= 4 is 28.6 Å². The second kappa shape index (κ2) is 3.91. The molecule has 0 aliphatic carbocycles. The minimum Gasteiger partial charge on any atom is -0.475 e. The number of Topliss-reactive ketones (excluding diaryl/α,β-unsaturated/α-hetero) is 1. The minimum absolute atomic E-state index is 0.105. The van der Waals surface area contributed by atoms with Crippen molar-refractivity contribution in [2.24, 2.45) is 5.73 Å². The Hall–Kier alpha value is -2.77. The summed E-state index contributed by atoms with van der Waals surface area (Å²) < 4.78 is 13.6. The van der Waals surface area contributed by atoms with E-state index >= 15 is 0 Å². The quantitative estimate of drug-likeness (QED) is 0.525. The molecule has 0 bridgehead atoms. The lowest BCUT2D eigenvalue weighted by molar-refractivity contribution is -0.131. The van der Waals surface area contributed by atoms with E-state index in [0.29, 0.717) is 6.20 Å². The first kappa shape index (κ1) is 11.7. The molecule has 0 radical (unpaired) electrons. The summed E-state index contributed by atoms with van der Waals surface area (Å²) in [6.45, 7) is 0. The maximum absolute atomic E-state index is 13.6. The van der Waals surface area contributed by atoms with E-state index in [2.05, 4.69) is 9.97 Å². The molecule has 0 unspecified atom stereocenters. The number of nitrogens with two attached hydrogens (primary N) is 1. The summed E-state index contributed by atoms with van der Waals surface area (Å²) in [7, 11) is 0. The molecule has 92 valence electrons. The van der Waals surface area contributed by atoms with Gasteiger partial charge in [0.2, 0.25) is 0 Å². The van der Waals surface area contributed by atoms with Gasteiger partial charge in [-0.1, -0.05) is 0 Å². The van der Waals surface area contributed by atoms with Crippen LogP contribution in [0, 0.1) is 5.82 Å². The smallest absolute Gasteiger partial charge is 0.377 e. The van der Waals surface area contributed by atoms with E-state index in [9.17, 15) is 18.8 Å². The van der Waals surface area contributed by atoms with Crippen molar-refractivity contribution in [3.05, 3.63) is 29.5 Å². The molecule has 0 aromatic carbocycles. The van der Waals surface area contributed by atoms with Crippen LogP contribution in [-0.4, -0.2) is 32.7 Å². The number of halogens is 1. The normalized spacial score (nSPS) is 10.5. The Morgan fingerprint density at radius 1 is 1.39 bits per heavy atom. The number of pyridine rings is 1. The lowest BCUT2D eigenvalue weighted by Gasteiger charge is -1.99. The number of carbonyl (C=O) groups is 3. The highest BCUT2D eigenvalue weighted by Crippen LogP contribution is 2.23. The fourth-order valence-corrected chi connectivity index (χ4v) is 1.59. The van der Waals surface area contributed by atoms with Crippen molar-refractivity contribution in [3.8, 4) is 0 Å². The van der Waals surface area contributed by atoms with Crippen LogP contribution >= 0.6 is 0 Å². The molecule has 0 aliphatic heterocycles. The number of primary amides is 1. The molecule has 2 aromatic heterocycles. The Morgan fingerprint density at radius 2 is 2.06 bits per heavy atom. The Kier molecular flexibility index (Phi) is 2.55. The number of nitrogens with zero attached hydrogens (tertiary/aromatic N) is 1. The van der Waals surface area contributed by atoms with Crippen LogP contribution in [0.1, 0.15) is 20.8 Å². The molecule has 2 rings (SSSR count). The zero-order chi connectivity index (χ0) is 13.4. The van der Waals surface area contributed by atoms with Crippen LogP contribution in [0.5, 0.6) is 0 Å². The highest BCUT2D eigenvalue weighted by molar-refractivity contribution is 6.42. The first-order valence-electron chi connectivity index (χ1n) is 4.66. The molecule has 8 heteroatoms. The predicted octanol–water partition coefficient (Wildman–Crippen LogP) is 0.0682. The van der Waals surface area contributed by atoms with Gasteiger partial charge in [-0.2, -0.15) is 0 Å². The Morgan fingerprint density at radius 3 is 2.61 bits per heavy atom. The number of fused-ring (bicyclic) bond motifs is 1. The number of hydrogen-bond acceptors (Lipinski definition) is 4. The molecule has 0 fully saturated rings. The fourth-order valence-electron chi connectivity index (χ4n) is 1.59. The van der Waals surface area contributed by atoms with Crippen LogP contribution in [0.25, 0.3) is 10.9 Å². The van der Waals surface area contributed by atoms with Crippen molar-refractivity contribution < 1.29 is 23.9 Å². The molecule has 0 aliphatic rings. The number of aromatic nitrogens is 2. The molecule has 0 saturated carbocycles. The van der Waals surface area contributed by atoms with Gasteiger partial charge in [0.15, 0.2) is 11.5 Å². The zero-order valence-electron chi connectivity index (χ0n) is 8.73. The first-order valence-corrected chi connectivity index (χ1v) is 4.66. The van der Waals surface area contributed by atoms with Crippen LogP contribution in [0.15, 0.2) is 12.4 Å². The van der Waals surface area contributed by atoms with E-state index in [1.165, 1.54) is 0 Å². The van der Waals surface area contributed by atoms with Gasteiger partial charge < -0.3 is 15.8 Å². The van der Waals surface area contributed by atoms with Gasteiger partial charge in [-0.25, -0.2) is 14.2 Å². The zero-order valence-corrected chi connectivity index (χ0v) is 8.73. The summed E-state index contributed by atoms with van der Waals surface area (Å²) >= 11 is 0. The van der Waals surface area contributed by atoms with Crippen molar-refractivity contribution in [2.45, 2.75) is 0 Å². The predicted molar refractivity (Wildman–Crippen MR) is 56.5 cm³/mol. The standard InChI is InChI=1S/C10H6FN3O4/c11-4-2-14-7(9(12)16)6-5(4)3(1-13-6)8(15)10(17)18/h1-2,13H,(H2,12,16)(H,17,18). The molecule has 2 heterocycles. The number of H-pyrrole nitrogens is 1. The van der Waals surface area contributed by atoms with E-state index in [-0.39, 0.29) is 22.2 Å². The van der Waals surface area contributed by atoms with Gasteiger partial charge in [0, 0.05) is 6.20 Å². The number of ketones is 1. The van der Waals surface area contributed by atoms with Crippen molar-refractivity contribution in [1.82, 2.24) is 9.97 Å². The molecule has 0 saturated heterocycles. The lowest BCUT2D eigenvalue weighted by atomic mass is 10.1. The fraction of sp³-hybridized carbons (Fsp3) is 0. The van der Waals surface area contributed by atoms with Gasteiger partial charge in [0.1, 0.15) is 0 Å². The largest absolute Gasteiger partial charge is 0.475 e. The number of aromatic amines is 1. The molecule has 0 atom stereocenters. The number of aliphatic carboxylic acids is 1. The molecular weight excluding hydrogens is 245 g/mol. The van der Waals surface area contributed by atoms with Gasteiger partial charge >= 0.3 is 5.97 Å². The van der Waals surface area contributed by atoms with E-state index in [0.717, 1.165) is 6.20 Å². The van der Waals surface area contributed by atoms with Crippen molar-refractivity contribution in [1.29, 1.82) is 0 Å². The Balaban J connectivity index is 2.81. The van der Waals surface area contributed by atoms with Crippen LogP contribution in [0.2, 0.25) is 0 Å². The Bertz CT molecular complexity index is 692. The lowest BCUT2D eigenvalue weighted by Crippen LogP contribution is -2.15. The maximum Gasteiger partial charge on any atom is 0.377 e. The van der Waals surface area contributed by atoms with Gasteiger partial charge in [-0.15, -0.1) is 0 Å². The average Bonchev–Trinajstić information content (AvgIpc) is 2.73. The van der Waals surface area contributed by atoms with Gasteiger partial charge in [0.25, 0.3) is 11.7 Å². The van der Waals surface area contributed by atoms with E-state index < -0.39 is 23.5 Å². The van der Waals surface area contributed by atoms with Crippen molar-refractivity contribution in [3.63, 3.8) is 0 Å². The number of amides is 1. The minimum atomic E-state index is -1.73. The van der Waals surface area contributed by atoms with Crippen LogP contribution in [-0.2, 0) is 4.79 Å². The summed E-state index contributed by atoms with van der Waals surface area (Å²) in [5, 5.41) is 8.28. The number of carboxylic acids is 1. The second-order valence-electron chi connectivity index (χ2n) is 3.41. The molecule has 0 spiro atoms. The summed E-state index contributed by atoms with van der Waals surface area (Å²) in [5.74, 6) is -4.86. The van der Waals surface area contributed by atoms with Crippen LogP contribution in [0.4, 0.5) is 4.39 Å². The second-order valence-corrected chi connectivity index (χ2v) is 3.41. The highest BCUT2D eigenvalue weighted by atomic mass is 19.1. The van der Waals surface area contributed by atoms with Gasteiger partial charge in [-0.05, 0) is 0 Å². The summed E-state index contributed by atoms with van der Waals surface area (Å²) in [5.41, 5.74) is 4.27. The highest BCUT2D eigenvalue weighted by Gasteiger charge is 2.24. The number of nitrogens with one attached hydrogen (secondary N) is 1. The molecular formula is C10H6FN3O4. The van der Waals surface area contributed by atoms with Gasteiger partial charge in [-0.3, -0.25) is 9.59 Å². The van der Waals surface area contributed by atoms with E-state index in [1.54, 1.807) is 0 Å². The third-order valence-electron chi connectivity index (χ3n) is 2.34. The SMILES string of the molecule is NC(=O)c1ncc(F)c2c(C(=O)C(=O)O)c[nH]c12. The number of hydrogen-bond donors (Lipinski definition) is 3. The maximum atomic E-state index is 13.6. The molecule has 18 heavy (non-hydrogen) atoms. The van der Waals surface area contributed by atoms with Crippen molar-refractivity contribution in [2.75, 3.05) is 0 Å². The third kappa shape index (κ3) is 1.59. The molecule has 2 aromatic rings. The summed E-state index contributed by atoms with van der Waals surface area (Å²) in [6.07, 6.45) is 1.70. The molecule has 1 amide bonds. The summed E-state index contributed by atoms with van der Waals surface area (Å²) in [6, 6.07) is 0. The Labute approximate surface area is 98.4 Å². The van der Waals surface area contributed by atoms with E-state index in [1.807, 2.05) is 0 Å². The van der Waals surface area contributed by atoms with Crippen LogP contribution in [0.3, 0.4) is 0 Å². The molecule has 4 N–H and O–H groups in total. The number of carbonyl (C=O) groups excluding carboxylic acids is 2.